The van der Waals surface area contributed by atoms with Crippen LogP contribution in [0.1, 0.15) is 66.8 Å². The van der Waals surface area contributed by atoms with Gasteiger partial charge in [-0.2, -0.15) is 0 Å². The number of fused-ring (bicyclic) bond motifs is 2. The third-order valence-corrected chi connectivity index (χ3v) is 15.4. The molecule has 0 nitrogen and oxygen atoms in total. The Balaban J connectivity index is 1.08. The molecule has 13 rings (SSSR count). The predicted octanol–water partition coefficient (Wildman–Crippen LogP) is 21.7. The maximum absolute atomic E-state index is 2.40. The smallest absolute Gasteiger partial charge is 0.00259 e. The first-order valence-electron chi connectivity index (χ1n) is 28.2. The van der Waals surface area contributed by atoms with Crippen molar-refractivity contribution in [3.8, 4) is 22.3 Å². The molecule has 0 saturated carbocycles. The highest BCUT2D eigenvalue weighted by Crippen LogP contribution is 2.46. The fourth-order valence-corrected chi connectivity index (χ4v) is 11.7. The van der Waals surface area contributed by atoms with Crippen LogP contribution in [0.2, 0.25) is 0 Å². The Morgan fingerprint density at radius 1 is 0.171 bits per heavy atom. The van der Waals surface area contributed by atoms with E-state index in [2.05, 4.69) is 352 Å². The van der Waals surface area contributed by atoms with E-state index < -0.39 is 0 Å². The molecule has 13 aromatic carbocycles. The average molecular weight is 1040 g/mol. The summed E-state index contributed by atoms with van der Waals surface area (Å²) in [5.74, 6) is 0. The van der Waals surface area contributed by atoms with E-state index in [1.54, 1.807) is 0 Å². The molecule has 0 N–H and O–H groups in total. The fraction of sp³-hybridized carbons (Fsp3) is 0. The van der Waals surface area contributed by atoms with E-state index in [-0.39, 0.29) is 0 Å². The summed E-state index contributed by atoms with van der Waals surface area (Å²) in [4.78, 5) is 0. The third kappa shape index (κ3) is 11.0. The maximum atomic E-state index is 2.40. The summed E-state index contributed by atoms with van der Waals surface area (Å²) in [6.45, 7) is 0. The second-order valence-electron chi connectivity index (χ2n) is 20.8. The first kappa shape index (κ1) is 50.8. The van der Waals surface area contributed by atoms with Gasteiger partial charge < -0.3 is 0 Å². The van der Waals surface area contributed by atoms with Gasteiger partial charge in [-0.05, 0) is 194 Å². The molecule has 0 heteroatoms. The first-order chi connectivity index (χ1) is 40.7. The van der Waals surface area contributed by atoms with Gasteiger partial charge >= 0.3 is 0 Å². The summed E-state index contributed by atoms with van der Waals surface area (Å²) >= 11 is 0. The predicted molar refractivity (Wildman–Crippen MR) is 352 cm³/mol. The minimum absolute atomic E-state index is 1.11. The van der Waals surface area contributed by atoms with Crippen molar-refractivity contribution < 1.29 is 0 Å². The van der Waals surface area contributed by atoms with Crippen LogP contribution >= 0.6 is 0 Å². The summed E-state index contributed by atoms with van der Waals surface area (Å²) in [6, 6.07) is 119. The van der Waals surface area contributed by atoms with Gasteiger partial charge in [-0.3, -0.25) is 0 Å². The molecule has 0 unspecified atom stereocenters. The molecule has 0 amide bonds. The third-order valence-electron chi connectivity index (χ3n) is 15.4. The Kier molecular flexibility index (Phi) is 14.7. The highest BCUT2D eigenvalue weighted by molar-refractivity contribution is 6.22. The zero-order chi connectivity index (χ0) is 54.9. The van der Waals surface area contributed by atoms with Crippen molar-refractivity contribution in [1.29, 1.82) is 0 Å². The van der Waals surface area contributed by atoms with Crippen LogP contribution < -0.4 is 0 Å². The quantitative estimate of drug-likeness (QED) is 0.0752. The van der Waals surface area contributed by atoms with E-state index in [0.29, 0.717) is 0 Å². The SMILES string of the molecule is C(=C(c1ccccc1)c1ccccc1)c1cc(C=C(c2ccccc2)c2ccccc2)cc(-c2c3ccccc3c(-c3cc(C=C(c4ccccc4)c4ccccc4)cc(C=C(c4ccccc4)c4ccccc4)c3)c3ccccc23)c1. The topological polar surface area (TPSA) is 0 Å². The van der Waals surface area contributed by atoms with Gasteiger partial charge in [-0.25, -0.2) is 0 Å². The van der Waals surface area contributed by atoms with Crippen LogP contribution in [0, 0.1) is 0 Å². The number of hydrogen-bond donors (Lipinski definition) is 0. The second kappa shape index (κ2) is 23.7. The highest BCUT2D eigenvalue weighted by Gasteiger charge is 2.20. The van der Waals surface area contributed by atoms with E-state index in [0.717, 1.165) is 100 Å². The van der Waals surface area contributed by atoms with Gasteiger partial charge in [0.15, 0.2) is 0 Å². The molecule has 0 aliphatic heterocycles. The molecule has 13 aromatic rings. The van der Waals surface area contributed by atoms with E-state index in [4.69, 9.17) is 0 Å². The molecule has 0 bridgehead atoms. The Bertz CT molecular complexity index is 3720. The van der Waals surface area contributed by atoms with E-state index in [9.17, 15) is 0 Å². The molecule has 0 saturated heterocycles. The molecule has 0 aromatic heterocycles. The lowest BCUT2D eigenvalue weighted by molar-refractivity contribution is 1.53. The molecule has 0 aliphatic carbocycles. The summed E-state index contributed by atoms with van der Waals surface area (Å²) in [5, 5.41) is 4.75. The molecule has 0 aliphatic rings. The molecule has 82 heavy (non-hydrogen) atoms. The van der Waals surface area contributed by atoms with Crippen LogP contribution in [0.3, 0.4) is 0 Å². The summed E-state index contributed by atoms with van der Waals surface area (Å²) in [7, 11) is 0. The van der Waals surface area contributed by atoms with Crippen molar-refractivity contribution in [3.05, 3.63) is 394 Å². The molecule has 0 fully saturated rings. The molecule has 0 radical (unpaired) electrons. The van der Waals surface area contributed by atoms with Crippen LogP contribution in [-0.4, -0.2) is 0 Å². The van der Waals surface area contributed by atoms with Crippen LogP contribution in [0.4, 0.5) is 0 Å². The minimum Gasteiger partial charge on any atom is -0.0622 e. The van der Waals surface area contributed by atoms with Gasteiger partial charge in [0.05, 0.1) is 0 Å². The van der Waals surface area contributed by atoms with E-state index >= 15 is 0 Å². The Morgan fingerprint density at radius 3 is 0.500 bits per heavy atom. The summed E-state index contributed by atoms with van der Waals surface area (Å²) in [5.41, 5.74) is 23.1. The highest BCUT2D eigenvalue weighted by atomic mass is 14.2. The number of hydrogen-bond acceptors (Lipinski definition) is 0. The largest absolute Gasteiger partial charge is 0.0622 e. The normalized spacial score (nSPS) is 10.9. The Hall–Kier alpha value is -10.7. The number of rotatable bonds is 14. The van der Waals surface area contributed by atoms with E-state index in [1.165, 1.54) is 32.7 Å². The van der Waals surface area contributed by atoms with Gasteiger partial charge in [-0.15, -0.1) is 0 Å². The molecule has 0 spiro atoms. The molecule has 0 heterocycles. The van der Waals surface area contributed by atoms with Crippen molar-refractivity contribution in [3.63, 3.8) is 0 Å². The summed E-state index contributed by atoms with van der Waals surface area (Å²) < 4.78 is 0. The van der Waals surface area contributed by atoms with Gasteiger partial charge in [0.1, 0.15) is 0 Å². The average Bonchev–Trinajstić information content (AvgIpc) is 2.41. The zero-order valence-electron chi connectivity index (χ0n) is 45.5. The van der Waals surface area contributed by atoms with Crippen molar-refractivity contribution in [2.45, 2.75) is 0 Å². The lowest BCUT2D eigenvalue weighted by Gasteiger charge is -2.20. The van der Waals surface area contributed by atoms with Gasteiger partial charge in [0, 0.05) is 0 Å². The van der Waals surface area contributed by atoms with Crippen molar-refractivity contribution in [2.24, 2.45) is 0 Å². The van der Waals surface area contributed by atoms with Gasteiger partial charge in [0.25, 0.3) is 0 Å². The van der Waals surface area contributed by atoms with Crippen molar-refractivity contribution in [1.82, 2.24) is 0 Å². The number of benzene rings is 13. The fourth-order valence-electron chi connectivity index (χ4n) is 11.7. The molecule has 0 atom stereocenters. The summed E-state index contributed by atoms with van der Waals surface area (Å²) in [6.07, 6.45) is 9.51. The van der Waals surface area contributed by atoms with Crippen LogP contribution in [0.25, 0.3) is 90.4 Å². The van der Waals surface area contributed by atoms with Crippen molar-refractivity contribution >= 4 is 68.1 Å². The lowest BCUT2D eigenvalue weighted by atomic mass is 9.84. The van der Waals surface area contributed by atoms with Crippen LogP contribution in [-0.2, 0) is 0 Å². The second-order valence-corrected chi connectivity index (χ2v) is 20.8. The molecular weight excluding hydrogens is 985 g/mol. The lowest BCUT2D eigenvalue weighted by Crippen LogP contribution is -1.94. The van der Waals surface area contributed by atoms with Gasteiger partial charge in [-0.1, -0.05) is 291 Å². The van der Waals surface area contributed by atoms with E-state index in [1.807, 2.05) is 0 Å². The van der Waals surface area contributed by atoms with Crippen LogP contribution in [0.15, 0.2) is 328 Å². The maximum Gasteiger partial charge on any atom is -0.00259 e. The molecular formula is C82H58. The monoisotopic (exact) mass is 1040 g/mol. The Morgan fingerprint density at radius 2 is 0.329 bits per heavy atom. The standard InChI is InChI=1S/C82H58/c1-9-29-63(30-10-1)77(64-31-11-2-12-32-64)55-59-49-60(56-78(65-33-13-3-14-34-65)66-35-15-4-16-36-66)52-71(51-59)81-73-45-25-27-47-75(73)82(76-48-28-26-46-74(76)81)72-53-61(57-79(67-37-17-5-18-38-67)68-39-19-6-20-40-68)50-62(54-72)58-80(69-41-21-7-22-42-69)70-43-23-8-24-44-70/h1-58H. The van der Waals surface area contributed by atoms with Crippen molar-refractivity contribution in [2.75, 3.05) is 0 Å². The van der Waals surface area contributed by atoms with Crippen LogP contribution in [0.5, 0.6) is 0 Å². The first-order valence-corrected chi connectivity index (χ1v) is 28.2. The minimum atomic E-state index is 1.11. The zero-order valence-corrected chi connectivity index (χ0v) is 45.5. The Labute approximate surface area is 482 Å². The molecule has 386 valence electrons. The van der Waals surface area contributed by atoms with Gasteiger partial charge in [0.2, 0.25) is 0 Å².